The summed E-state index contributed by atoms with van der Waals surface area (Å²) in [6, 6.07) is 6.05. The molecular weight excluding hydrogens is 245 g/mol. The number of hydrogen-bond acceptors (Lipinski definition) is 3. The van der Waals surface area contributed by atoms with Crippen LogP contribution in [0.3, 0.4) is 0 Å². The van der Waals surface area contributed by atoms with Crippen molar-refractivity contribution in [2.45, 2.75) is 20.4 Å². The predicted molar refractivity (Wildman–Crippen MR) is 70.4 cm³/mol. The molecule has 0 aliphatic carbocycles. The van der Waals surface area contributed by atoms with Gasteiger partial charge in [0.1, 0.15) is 5.82 Å². The fraction of sp³-hybridized carbons (Fsp3) is 0.429. The van der Waals surface area contributed by atoms with E-state index in [9.17, 15) is 9.18 Å². The van der Waals surface area contributed by atoms with Crippen LogP contribution in [0.1, 0.15) is 25.0 Å². The average molecular weight is 263 g/mol. The van der Waals surface area contributed by atoms with Crippen molar-refractivity contribution in [1.82, 2.24) is 4.90 Å². The molecule has 0 bridgehead atoms. The predicted octanol–water partition coefficient (Wildman–Crippen LogP) is 1.64. The zero-order valence-electron chi connectivity index (χ0n) is 11.2. The molecule has 0 aromatic heterocycles. The van der Waals surface area contributed by atoms with Crippen LogP contribution in [0.15, 0.2) is 18.2 Å². The number of carbonyl (C=O) groups excluding carboxylic acids is 1. The Morgan fingerprint density at radius 2 is 2.21 bits per heavy atom. The third-order valence-electron chi connectivity index (χ3n) is 2.58. The number of hydrogen-bond donors (Lipinski definition) is 1. The van der Waals surface area contributed by atoms with Crippen molar-refractivity contribution in [3.63, 3.8) is 0 Å². The summed E-state index contributed by atoms with van der Waals surface area (Å²) in [7, 11) is 0. The van der Waals surface area contributed by atoms with Gasteiger partial charge >= 0.3 is 0 Å². The molecule has 0 saturated heterocycles. The Balaban J connectivity index is 2.92. The smallest absolute Gasteiger partial charge is 0.231 e. The topological polar surface area (TPSA) is 70.1 Å². The number of amides is 1. The van der Waals surface area contributed by atoms with E-state index in [1.807, 2.05) is 24.8 Å². The Bertz CT molecular complexity index is 494. The van der Waals surface area contributed by atoms with E-state index in [-0.39, 0.29) is 6.54 Å². The minimum atomic E-state index is -0.435. The molecule has 0 heterocycles. The molecule has 0 aliphatic heterocycles. The molecule has 0 saturated carbocycles. The van der Waals surface area contributed by atoms with Crippen molar-refractivity contribution < 1.29 is 9.18 Å². The van der Waals surface area contributed by atoms with Gasteiger partial charge in [0.15, 0.2) is 0 Å². The van der Waals surface area contributed by atoms with Crippen LogP contribution in [0.5, 0.6) is 0 Å². The van der Waals surface area contributed by atoms with Crippen molar-refractivity contribution >= 4 is 5.91 Å². The van der Waals surface area contributed by atoms with Gasteiger partial charge in [0, 0.05) is 13.1 Å². The third-order valence-corrected chi connectivity index (χ3v) is 2.58. The van der Waals surface area contributed by atoms with E-state index in [1.165, 1.54) is 18.2 Å². The first-order valence-electron chi connectivity index (χ1n) is 6.11. The van der Waals surface area contributed by atoms with Gasteiger partial charge < -0.3 is 5.73 Å². The Morgan fingerprint density at radius 1 is 1.53 bits per heavy atom. The highest BCUT2D eigenvalue weighted by Gasteiger charge is 2.13. The summed E-state index contributed by atoms with van der Waals surface area (Å²) in [6.45, 7) is 5.13. The highest BCUT2D eigenvalue weighted by molar-refractivity contribution is 5.75. The molecule has 1 aromatic rings. The summed E-state index contributed by atoms with van der Waals surface area (Å²) < 4.78 is 13.2. The first-order valence-corrected chi connectivity index (χ1v) is 6.11. The van der Waals surface area contributed by atoms with Gasteiger partial charge in [-0.25, -0.2) is 4.39 Å². The van der Waals surface area contributed by atoms with E-state index < -0.39 is 11.7 Å². The molecule has 1 aromatic carbocycles. The SMILES string of the molecule is CC(C)CN(CC(N)=O)Cc1cc(F)ccc1C#N. The zero-order chi connectivity index (χ0) is 14.4. The van der Waals surface area contributed by atoms with Gasteiger partial charge in [-0.3, -0.25) is 9.69 Å². The number of nitrogens with zero attached hydrogens (tertiary/aromatic N) is 2. The minimum absolute atomic E-state index is 0.0968. The molecule has 0 unspecified atom stereocenters. The Morgan fingerprint density at radius 3 is 2.74 bits per heavy atom. The van der Waals surface area contributed by atoms with Crippen molar-refractivity contribution in [3.05, 3.63) is 35.1 Å². The van der Waals surface area contributed by atoms with Gasteiger partial charge in [0.25, 0.3) is 0 Å². The molecule has 0 atom stereocenters. The molecule has 1 amide bonds. The van der Waals surface area contributed by atoms with E-state index >= 15 is 0 Å². The van der Waals surface area contributed by atoms with Crippen molar-refractivity contribution in [2.24, 2.45) is 11.7 Å². The van der Waals surface area contributed by atoms with Gasteiger partial charge in [-0.05, 0) is 29.7 Å². The Labute approximate surface area is 112 Å². The number of rotatable bonds is 6. The van der Waals surface area contributed by atoms with Gasteiger partial charge in [-0.2, -0.15) is 5.26 Å². The summed E-state index contributed by atoms with van der Waals surface area (Å²) in [4.78, 5) is 12.9. The molecule has 1 rings (SSSR count). The lowest BCUT2D eigenvalue weighted by molar-refractivity contribution is -0.119. The van der Waals surface area contributed by atoms with Crippen LogP contribution in [0, 0.1) is 23.1 Å². The van der Waals surface area contributed by atoms with Crippen LogP contribution in [0.4, 0.5) is 4.39 Å². The number of nitrogens with two attached hydrogens (primary N) is 1. The van der Waals surface area contributed by atoms with Gasteiger partial charge in [-0.1, -0.05) is 13.8 Å². The number of nitriles is 1. The van der Waals surface area contributed by atoms with Crippen molar-refractivity contribution in [1.29, 1.82) is 5.26 Å². The van der Waals surface area contributed by atoms with E-state index in [0.717, 1.165) is 0 Å². The van der Waals surface area contributed by atoms with Crippen LogP contribution < -0.4 is 5.73 Å². The van der Waals surface area contributed by atoms with E-state index in [4.69, 9.17) is 11.0 Å². The second kappa shape index (κ2) is 6.86. The first kappa shape index (κ1) is 15.1. The largest absolute Gasteiger partial charge is 0.369 e. The maximum Gasteiger partial charge on any atom is 0.231 e. The molecule has 2 N–H and O–H groups in total. The lowest BCUT2D eigenvalue weighted by Gasteiger charge is -2.23. The highest BCUT2D eigenvalue weighted by atomic mass is 19.1. The van der Waals surface area contributed by atoms with Crippen LogP contribution in [-0.2, 0) is 11.3 Å². The number of primary amides is 1. The summed E-state index contributed by atoms with van der Waals surface area (Å²) in [6.07, 6.45) is 0. The normalized spacial score (nSPS) is 10.7. The Hall–Kier alpha value is -1.93. The average Bonchev–Trinajstić information content (AvgIpc) is 2.27. The quantitative estimate of drug-likeness (QED) is 0.848. The molecule has 19 heavy (non-hydrogen) atoms. The minimum Gasteiger partial charge on any atom is -0.369 e. The van der Waals surface area contributed by atoms with Crippen LogP contribution in [0.2, 0.25) is 0 Å². The maximum absolute atomic E-state index is 13.2. The van der Waals surface area contributed by atoms with E-state index in [1.54, 1.807) is 0 Å². The molecule has 5 heteroatoms. The molecular formula is C14H18FN3O. The molecule has 0 aliphatic rings. The molecule has 0 radical (unpaired) electrons. The second-order valence-corrected chi connectivity index (χ2v) is 4.94. The fourth-order valence-corrected chi connectivity index (χ4v) is 1.96. The van der Waals surface area contributed by atoms with Crippen LogP contribution in [0.25, 0.3) is 0 Å². The monoisotopic (exact) mass is 263 g/mol. The van der Waals surface area contributed by atoms with Gasteiger partial charge in [0.05, 0.1) is 18.2 Å². The summed E-state index contributed by atoms with van der Waals surface area (Å²) in [5.74, 6) is -0.480. The third kappa shape index (κ3) is 5.06. The highest BCUT2D eigenvalue weighted by Crippen LogP contribution is 2.14. The summed E-state index contributed by atoms with van der Waals surface area (Å²) in [5, 5.41) is 9.00. The molecule has 0 fully saturated rings. The van der Waals surface area contributed by atoms with E-state index in [0.29, 0.717) is 30.1 Å². The zero-order valence-corrected chi connectivity index (χ0v) is 11.2. The number of benzene rings is 1. The molecule has 4 nitrogen and oxygen atoms in total. The molecule has 102 valence electrons. The van der Waals surface area contributed by atoms with E-state index in [2.05, 4.69) is 0 Å². The second-order valence-electron chi connectivity index (χ2n) is 4.94. The Kier molecular flexibility index (Phi) is 5.46. The first-order chi connectivity index (χ1) is 8.92. The van der Waals surface area contributed by atoms with Gasteiger partial charge in [-0.15, -0.1) is 0 Å². The number of carbonyl (C=O) groups is 1. The summed E-state index contributed by atoms with van der Waals surface area (Å²) >= 11 is 0. The summed E-state index contributed by atoms with van der Waals surface area (Å²) in [5.41, 5.74) is 6.19. The van der Waals surface area contributed by atoms with Gasteiger partial charge in [0.2, 0.25) is 5.91 Å². The van der Waals surface area contributed by atoms with Crippen LogP contribution in [-0.4, -0.2) is 23.9 Å². The number of halogens is 1. The maximum atomic E-state index is 13.2. The lowest BCUT2D eigenvalue weighted by atomic mass is 10.1. The van der Waals surface area contributed by atoms with Crippen molar-refractivity contribution in [3.8, 4) is 6.07 Å². The lowest BCUT2D eigenvalue weighted by Crippen LogP contribution is -2.36. The fourth-order valence-electron chi connectivity index (χ4n) is 1.96. The van der Waals surface area contributed by atoms with Crippen LogP contribution >= 0.6 is 0 Å². The van der Waals surface area contributed by atoms with Crippen molar-refractivity contribution in [2.75, 3.05) is 13.1 Å². The molecule has 0 spiro atoms. The standard InChI is InChI=1S/C14H18FN3O/c1-10(2)7-18(9-14(17)19)8-12-5-13(15)4-3-11(12)6-16/h3-5,10H,7-9H2,1-2H3,(H2,17,19).